The summed E-state index contributed by atoms with van der Waals surface area (Å²) in [6.45, 7) is 6.16. The molecule has 0 heterocycles. The summed E-state index contributed by atoms with van der Waals surface area (Å²) in [5.74, 6) is 1.63. The van der Waals surface area contributed by atoms with Gasteiger partial charge in [-0.2, -0.15) is 0 Å². The Hall–Kier alpha value is -0.730. The van der Waals surface area contributed by atoms with Gasteiger partial charge in [-0.15, -0.1) is 0 Å². The third kappa shape index (κ3) is 4.39. The van der Waals surface area contributed by atoms with E-state index in [1.807, 2.05) is 12.1 Å². The smallest absolute Gasteiger partial charge is 0.120 e. The molecule has 1 aromatic rings. The molecule has 0 radical (unpaired) electrons. The summed E-state index contributed by atoms with van der Waals surface area (Å²) in [6, 6.07) is 6.36. The Bertz CT molecular complexity index is 415. The topological polar surface area (TPSA) is 21.3 Å². The average Bonchev–Trinajstić information content (AvgIpc) is 2.96. The molecule has 1 saturated carbocycles. The molecule has 1 fully saturated rings. The van der Waals surface area contributed by atoms with Crippen molar-refractivity contribution in [3.05, 3.63) is 28.8 Å². The first kappa shape index (κ1) is 15.7. The van der Waals surface area contributed by atoms with Crippen molar-refractivity contribution in [2.45, 2.75) is 52.0 Å². The van der Waals surface area contributed by atoms with E-state index < -0.39 is 0 Å². The molecule has 3 heteroatoms. The quantitative estimate of drug-likeness (QED) is 0.767. The van der Waals surface area contributed by atoms with Gasteiger partial charge in [0, 0.05) is 11.1 Å². The number of rotatable bonds is 7. The molecular weight excluding hydrogens is 270 g/mol. The van der Waals surface area contributed by atoms with Crippen LogP contribution in [0.1, 0.15) is 57.6 Å². The second-order valence-corrected chi connectivity index (χ2v) is 6.23. The molecule has 2 nitrogen and oxygen atoms in total. The van der Waals surface area contributed by atoms with Gasteiger partial charge in [-0.3, -0.25) is 0 Å². The van der Waals surface area contributed by atoms with Crippen molar-refractivity contribution >= 4 is 11.6 Å². The minimum atomic E-state index is 0.284. The van der Waals surface area contributed by atoms with E-state index in [0.717, 1.165) is 41.8 Å². The highest BCUT2D eigenvalue weighted by atomic mass is 35.5. The van der Waals surface area contributed by atoms with Crippen LogP contribution in [-0.4, -0.2) is 13.2 Å². The van der Waals surface area contributed by atoms with Gasteiger partial charge in [-0.05, 0) is 56.3 Å². The van der Waals surface area contributed by atoms with E-state index in [9.17, 15) is 0 Å². The number of hydrogen-bond acceptors (Lipinski definition) is 2. The van der Waals surface area contributed by atoms with E-state index in [1.54, 1.807) is 0 Å². The van der Waals surface area contributed by atoms with Gasteiger partial charge in [0.15, 0.2) is 0 Å². The fourth-order valence-corrected chi connectivity index (χ4v) is 3.14. The summed E-state index contributed by atoms with van der Waals surface area (Å²) < 4.78 is 5.88. The van der Waals surface area contributed by atoms with E-state index in [1.165, 1.54) is 25.7 Å². The first-order valence-corrected chi connectivity index (χ1v) is 8.24. The zero-order valence-electron chi connectivity index (χ0n) is 12.6. The summed E-state index contributed by atoms with van der Waals surface area (Å²) in [6.07, 6.45) is 6.46. The van der Waals surface area contributed by atoms with Crippen LogP contribution in [0.5, 0.6) is 5.75 Å². The normalized spacial score (nSPS) is 17.4. The summed E-state index contributed by atoms with van der Waals surface area (Å²) >= 11 is 6.38. The zero-order valence-corrected chi connectivity index (χ0v) is 13.4. The lowest BCUT2D eigenvalue weighted by molar-refractivity contribution is 0.252. The van der Waals surface area contributed by atoms with E-state index in [-0.39, 0.29) is 6.04 Å². The molecule has 1 unspecified atom stereocenters. The summed E-state index contributed by atoms with van der Waals surface area (Å²) in [7, 11) is 0. The fraction of sp³-hybridized carbons (Fsp3) is 0.647. The zero-order chi connectivity index (χ0) is 14.4. The van der Waals surface area contributed by atoms with Gasteiger partial charge in [0.1, 0.15) is 5.75 Å². The van der Waals surface area contributed by atoms with Crippen molar-refractivity contribution in [1.29, 1.82) is 0 Å². The van der Waals surface area contributed by atoms with Gasteiger partial charge in [-0.1, -0.05) is 37.4 Å². The highest BCUT2D eigenvalue weighted by Crippen LogP contribution is 2.29. The lowest BCUT2D eigenvalue weighted by atomic mass is 10.1. The van der Waals surface area contributed by atoms with Crippen molar-refractivity contribution in [2.24, 2.45) is 5.92 Å². The molecule has 1 aliphatic carbocycles. The molecule has 2 rings (SSSR count). The maximum absolute atomic E-state index is 6.38. The Balaban J connectivity index is 1.90. The molecule has 1 atom stereocenters. The highest BCUT2D eigenvalue weighted by Gasteiger charge is 2.16. The second-order valence-electron chi connectivity index (χ2n) is 5.82. The van der Waals surface area contributed by atoms with Crippen molar-refractivity contribution in [2.75, 3.05) is 13.2 Å². The monoisotopic (exact) mass is 295 g/mol. The molecule has 0 aromatic heterocycles. The third-order valence-electron chi connectivity index (χ3n) is 4.10. The molecule has 1 aliphatic rings. The van der Waals surface area contributed by atoms with Gasteiger partial charge in [0.25, 0.3) is 0 Å². The molecule has 0 bridgehead atoms. The van der Waals surface area contributed by atoms with Crippen LogP contribution < -0.4 is 10.1 Å². The summed E-state index contributed by atoms with van der Waals surface area (Å²) in [5.41, 5.74) is 1.15. The van der Waals surface area contributed by atoms with Gasteiger partial charge >= 0.3 is 0 Å². The maximum Gasteiger partial charge on any atom is 0.120 e. The van der Waals surface area contributed by atoms with Crippen LogP contribution in [0.25, 0.3) is 0 Å². The predicted molar refractivity (Wildman–Crippen MR) is 85.6 cm³/mol. The predicted octanol–water partition coefficient (Wildman–Crippen LogP) is 4.97. The Morgan fingerprint density at radius 2 is 2.10 bits per heavy atom. The summed E-state index contributed by atoms with van der Waals surface area (Å²) in [5, 5.41) is 4.26. The molecule has 1 aromatic carbocycles. The van der Waals surface area contributed by atoms with Crippen molar-refractivity contribution < 1.29 is 4.74 Å². The molecule has 0 amide bonds. The largest absolute Gasteiger partial charge is 0.493 e. The molecule has 112 valence electrons. The highest BCUT2D eigenvalue weighted by molar-refractivity contribution is 6.31. The molecule has 0 saturated heterocycles. The maximum atomic E-state index is 6.38. The van der Waals surface area contributed by atoms with Crippen LogP contribution in [-0.2, 0) is 0 Å². The Labute approximate surface area is 127 Å². The molecule has 1 N–H and O–H groups in total. The SMILES string of the molecule is CCCNC(C)c1ccc(OCC2CCCC2)cc1Cl. The van der Waals surface area contributed by atoms with E-state index >= 15 is 0 Å². The van der Waals surface area contributed by atoms with Crippen LogP contribution in [0.15, 0.2) is 18.2 Å². The van der Waals surface area contributed by atoms with Crippen molar-refractivity contribution in [3.8, 4) is 5.75 Å². The van der Waals surface area contributed by atoms with Gasteiger partial charge in [0.05, 0.1) is 6.61 Å². The average molecular weight is 296 g/mol. The molecule has 0 aliphatic heterocycles. The van der Waals surface area contributed by atoms with Crippen LogP contribution in [0.3, 0.4) is 0 Å². The second kappa shape index (κ2) is 7.90. The minimum absolute atomic E-state index is 0.284. The standard InChI is InChI=1S/C17H26ClNO/c1-3-10-19-13(2)16-9-8-15(11-17(16)18)20-12-14-6-4-5-7-14/h8-9,11,13-14,19H,3-7,10,12H2,1-2H3. The molecular formula is C17H26ClNO. The number of nitrogens with one attached hydrogen (secondary N) is 1. The van der Waals surface area contributed by atoms with Gasteiger partial charge in [-0.25, -0.2) is 0 Å². The van der Waals surface area contributed by atoms with Crippen LogP contribution in [0.4, 0.5) is 0 Å². The Morgan fingerprint density at radius 1 is 1.35 bits per heavy atom. The number of ether oxygens (including phenoxy) is 1. The number of benzene rings is 1. The Morgan fingerprint density at radius 3 is 2.75 bits per heavy atom. The number of hydrogen-bond donors (Lipinski definition) is 1. The molecule has 0 spiro atoms. The van der Waals surface area contributed by atoms with Crippen LogP contribution in [0, 0.1) is 5.92 Å². The van der Waals surface area contributed by atoms with Gasteiger partial charge in [0.2, 0.25) is 0 Å². The minimum Gasteiger partial charge on any atom is -0.493 e. The molecule has 20 heavy (non-hydrogen) atoms. The lowest BCUT2D eigenvalue weighted by Gasteiger charge is -2.17. The lowest BCUT2D eigenvalue weighted by Crippen LogP contribution is -2.19. The third-order valence-corrected chi connectivity index (χ3v) is 4.43. The van der Waals surface area contributed by atoms with Crippen molar-refractivity contribution in [3.63, 3.8) is 0 Å². The van der Waals surface area contributed by atoms with Crippen molar-refractivity contribution in [1.82, 2.24) is 5.32 Å². The Kier molecular flexibility index (Phi) is 6.18. The van der Waals surface area contributed by atoms with E-state index in [4.69, 9.17) is 16.3 Å². The first-order valence-electron chi connectivity index (χ1n) is 7.86. The van der Waals surface area contributed by atoms with Crippen LogP contribution >= 0.6 is 11.6 Å². The summed E-state index contributed by atoms with van der Waals surface area (Å²) in [4.78, 5) is 0. The first-order chi connectivity index (χ1) is 9.70. The van der Waals surface area contributed by atoms with Crippen LogP contribution in [0.2, 0.25) is 5.02 Å². The fourth-order valence-electron chi connectivity index (χ4n) is 2.81. The van der Waals surface area contributed by atoms with E-state index in [2.05, 4.69) is 25.2 Å². The number of halogens is 1. The van der Waals surface area contributed by atoms with E-state index in [0.29, 0.717) is 0 Å². The van der Waals surface area contributed by atoms with Gasteiger partial charge < -0.3 is 10.1 Å².